The van der Waals surface area contributed by atoms with Crippen molar-refractivity contribution in [1.29, 1.82) is 0 Å². The van der Waals surface area contributed by atoms with Crippen molar-refractivity contribution in [2.24, 2.45) is 0 Å². The molecule has 1 aromatic heterocycles. The van der Waals surface area contributed by atoms with Crippen LogP contribution in [0, 0.1) is 10.9 Å². The summed E-state index contributed by atoms with van der Waals surface area (Å²) in [6.07, 6.45) is 1.66. The minimum atomic E-state index is -0.0623. The van der Waals surface area contributed by atoms with Gasteiger partial charge in [-0.15, -0.1) is 17.9 Å². The van der Waals surface area contributed by atoms with E-state index in [0.717, 1.165) is 11.3 Å². The maximum Gasteiger partial charge on any atom is 0.240 e. The highest BCUT2D eigenvalue weighted by Crippen LogP contribution is 2.24. The van der Waals surface area contributed by atoms with Crippen molar-refractivity contribution >= 4 is 29.5 Å². The van der Waals surface area contributed by atoms with Gasteiger partial charge in [0.15, 0.2) is 3.95 Å². The maximum atomic E-state index is 11.8. The Morgan fingerprint density at radius 2 is 2.15 bits per heavy atom. The Hall–Kier alpha value is -1.72. The van der Waals surface area contributed by atoms with Crippen molar-refractivity contribution in [2.45, 2.75) is 13.5 Å². The summed E-state index contributed by atoms with van der Waals surface area (Å²) >= 11 is 6.78. The second-order valence-electron chi connectivity index (χ2n) is 4.43. The third kappa shape index (κ3) is 3.43. The highest BCUT2D eigenvalue weighted by molar-refractivity contribution is 7.73. The monoisotopic (exact) mass is 304 g/mol. The molecule has 104 valence electrons. The first-order chi connectivity index (χ1) is 9.61. The Labute approximate surface area is 127 Å². The van der Waals surface area contributed by atoms with E-state index in [4.69, 9.17) is 12.2 Å². The van der Waals surface area contributed by atoms with Gasteiger partial charge in [-0.25, -0.2) is 0 Å². The van der Waals surface area contributed by atoms with Gasteiger partial charge in [0, 0.05) is 11.9 Å². The second kappa shape index (κ2) is 6.63. The van der Waals surface area contributed by atoms with Gasteiger partial charge in [0.1, 0.15) is 6.54 Å². The Kier molecular flexibility index (Phi) is 4.87. The second-order valence-corrected chi connectivity index (χ2v) is 5.93. The summed E-state index contributed by atoms with van der Waals surface area (Å²) in [6, 6.07) is 8.20. The van der Waals surface area contributed by atoms with Crippen molar-refractivity contribution in [3.63, 3.8) is 0 Å². The van der Waals surface area contributed by atoms with Crippen LogP contribution in [0.3, 0.4) is 0 Å². The zero-order valence-electron chi connectivity index (χ0n) is 11.3. The Bertz CT molecular complexity index is 668. The molecule has 1 aromatic carbocycles. The van der Waals surface area contributed by atoms with Crippen LogP contribution < -0.4 is 5.32 Å². The maximum absolute atomic E-state index is 11.8. The van der Waals surface area contributed by atoms with Crippen molar-refractivity contribution < 1.29 is 4.79 Å². The fourth-order valence-electron chi connectivity index (χ4n) is 1.82. The van der Waals surface area contributed by atoms with Crippen molar-refractivity contribution in [3.8, 4) is 11.3 Å². The molecule has 0 aliphatic carbocycles. The molecule has 0 aliphatic rings. The van der Waals surface area contributed by atoms with Crippen LogP contribution in [0.2, 0.25) is 0 Å². The van der Waals surface area contributed by atoms with Gasteiger partial charge in [-0.05, 0) is 24.7 Å². The van der Waals surface area contributed by atoms with E-state index >= 15 is 0 Å². The number of nitrogens with one attached hydrogen (secondary N) is 1. The molecule has 0 saturated carbocycles. The first-order valence-electron chi connectivity index (χ1n) is 6.25. The number of hydrogen-bond donors (Lipinski definition) is 1. The average Bonchev–Trinajstić information content (AvgIpc) is 2.79. The molecule has 0 saturated heterocycles. The zero-order valence-corrected chi connectivity index (χ0v) is 12.9. The van der Waals surface area contributed by atoms with Gasteiger partial charge in [0.25, 0.3) is 0 Å². The molecule has 2 rings (SSSR count). The van der Waals surface area contributed by atoms with E-state index in [0.29, 0.717) is 10.5 Å². The van der Waals surface area contributed by atoms with Crippen LogP contribution in [0.1, 0.15) is 5.56 Å². The topological polar surface area (TPSA) is 34.0 Å². The third-order valence-electron chi connectivity index (χ3n) is 2.88. The number of amides is 1. The summed E-state index contributed by atoms with van der Waals surface area (Å²) in [5.74, 6) is -0.0623. The molecule has 0 aliphatic heterocycles. The smallest absolute Gasteiger partial charge is 0.240 e. The van der Waals surface area contributed by atoms with Gasteiger partial charge >= 0.3 is 0 Å². The van der Waals surface area contributed by atoms with Crippen LogP contribution >= 0.6 is 23.6 Å². The van der Waals surface area contributed by atoms with Crippen molar-refractivity contribution in [1.82, 2.24) is 9.88 Å². The fourth-order valence-corrected chi connectivity index (χ4v) is 2.89. The van der Waals surface area contributed by atoms with Crippen LogP contribution in [0.5, 0.6) is 0 Å². The van der Waals surface area contributed by atoms with Crippen LogP contribution in [0.25, 0.3) is 11.3 Å². The number of benzene rings is 1. The molecule has 0 bridgehead atoms. The number of nitrogens with zero attached hydrogens (tertiary/aromatic N) is 1. The summed E-state index contributed by atoms with van der Waals surface area (Å²) < 4.78 is 2.57. The number of hydrogen-bond acceptors (Lipinski definition) is 3. The first kappa shape index (κ1) is 14.7. The predicted octanol–water partition coefficient (Wildman–Crippen LogP) is 3.56. The molecule has 2 aromatic rings. The summed E-state index contributed by atoms with van der Waals surface area (Å²) in [5, 5.41) is 4.76. The Morgan fingerprint density at radius 1 is 1.45 bits per heavy atom. The first-order valence-corrected chi connectivity index (χ1v) is 7.53. The molecule has 20 heavy (non-hydrogen) atoms. The highest BCUT2D eigenvalue weighted by Gasteiger charge is 2.10. The molecule has 3 nitrogen and oxygen atoms in total. The highest BCUT2D eigenvalue weighted by atomic mass is 32.1. The van der Waals surface area contributed by atoms with E-state index in [1.54, 1.807) is 6.08 Å². The van der Waals surface area contributed by atoms with Crippen LogP contribution in [0.15, 0.2) is 42.3 Å². The largest absolute Gasteiger partial charge is 0.351 e. The molecule has 1 N–H and O–H groups in total. The van der Waals surface area contributed by atoms with E-state index in [1.165, 1.54) is 16.9 Å². The summed E-state index contributed by atoms with van der Waals surface area (Å²) in [4.78, 5) is 11.8. The summed E-state index contributed by atoms with van der Waals surface area (Å²) in [5.41, 5.74) is 3.26. The lowest BCUT2D eigenvalue weighted by molar-refractivity contribution is -0.121. The minimum absolute atomic E-state index is 0.0623. The fraction of sp³-hybridized carbons (Fsp3) is 0.200. The number of rotatable bonds is 5. The number of aryl methyl sites for hydroxylation is 1. The Morgan fingerprint density at radius 3 is 2.80 bits per heavy atom. The molecular formula is C15H16N2OS2. The lowest BCUT2D eigenvalue weighted by Gasteiger charge is -2.09. The van der Waals surface area contributed by atoms with Gasteiger partial charge in [0.05, 0.1) is 5.69 Å². The van der Waals surface area contributed by atoms with Crippen LogP contribution in [0.4, 0.5) is 0 Å². The van der Waals surface area contributed by atoms with Gasteiger partial charge in [0.2, 0.25) is 5.91 Å². The van der Waals surface area contributed by atoms with Crippen LogP contribution in [-0.2, 0) is 11.3 Å². The molecule has 0 fully saturated rings. The molecule has 0 unspecified atom stereocenters. The quantitative estimate of drug-likeness (QED) is 0.677. The molecule has 1 amide bonds. The molecule has 0 spiro atoms. The SMILES string of the molecule is C=CCNC(=O)Cn1c(-c2ccc(C)cc2)csc1=S. The number of carbonyl (C=O) groups excluding carboxylic acids is 1. The lowest BCUT2D eigenvalue weighted by Crippen LogP contribution is -2.27. The molecule has 5 heteroatoms. The minimum Gasteiger partial charge on any atom is -0.351 e. The van der Waals surface area contributed by atoms with Crippen molar-refractivity contribution in [3.05, 3.63) is 51.8 Å². The van der Waals surface area contributed by atoms with Crippen LogP contribution in [-0.4, -0.2) is 17.0 Å². The molecule has 1 heterocycles. The van der Waals surface area contributed by atoms with E-state index in [2.05, 4.69) is 24.0 Å². The van der Waals surface area contributed by atoms with E-state index in [-0.39, 0.29) is 12.5 Å². The number of aromatic nitrogens is 1. The van der Waals surface area contributed by atoms with E-state index < -0.39 is 0 Å². The normalized spacial score (nSPS) is 10.2. The average molecular weight is 304 g/mol. The standard InChI is InChI=1S/C15H16N2OS2/c1-3-8-16-14(18)9-17-13(10-20-15(17)19)12-6-4-11(2)5-7-12/h3-7,10H,1,8-9H2,2H3,(H,16,18). The summed E-state index contributed by atoms with van der Waals surface area (Å²) in [6.45, 7) is 6.33. The third-order valence-corrected chi connectivity index (χ3v) is 4.15. The van der Waals surface area contributed by atoms with E-state index in [9.17, 15) is 4.79 Å². The van der Waals surface area contributed by atoms with Gasteiger partial charge in [-0.2, -0.15) is 0 Å². The number of thiazole rings is 1. The lowest BCUT2D eigenvalue weighted by atomic mass is 10.1. The van der Waals surface area contributed by atoms with E-state index in [1.807, 2.05) is 29.0 Å². The molecule has 0 radical (unpaired) electrons. The van der Waals surface area contributed by atoms with Crippen molar-refractivity contribution in [2.75, 3.05) is 6.54 Å². The van der Waals surface area contributed by atoms with Gasteiger partial charge < -0.3 is 9.88 Å². The molecular weight excluding hydrogens is 288 g/mol. The molecule has 0 atom stereocenters. The summed E-state index contributed by atoms with van der Waals surface area (Å²) in [7, 11) is 0. The zero-order chi connectivity index (χ0) is 14.5. The van der Waals surface area contributed by atoms with Gasteiger partial charge in [-0.3, -0.25) is 4.79 Å². The van der Waals surface area contributed by atoms with Gasteiger partial charge in [-0.1, -0.05) is 35.9 Å². The predicted molar refractivity (Wildman–Crippen MR) is 86.5 cm³/mol. The Balaban J connectivity index is 2.27. The number of carbonyl (C=O) groups is 1.